The fourth-order valence-electron chi connectivity index (χ4n) is 1.88. The van der Waals surface area contributed by atoms with Gasteiger partial charge in [-0.1, -0.05) is 19.1 Å². The molecule has 0 bridgehead atoms. The maximum atomic E-state index is 11.7. The summed E-state index contributed by atoms with van der Waals surface area (Å²) in [6.45, 7) is 1.74. The Morgan fingerprint density at radius 2 is 2.06 bits per heavy atom. The molecule has 0 saturated heterocycles. The van der Waals surface area contributed by atoms with Crippen molar-refractivity contribution in [3.63, 3.8) is 0 Å². The lowest BCUT2D eigenvalue weighted by Crippen LogP contribution is -2.13. The summed E-state index contributed by atoms with van der Waals surface area (Å²) in [5.74, 6) is 0.114. The molecule has 1 aliphatic carbocycles. The molecule has 0 radical (unpaired) electrons. The van der Waals surface area contributed by atoms with E-state index in [1.165, 1.54) is 0 Å². The Hall–Kier alpha value is -0.870. The lowest BCUT2D eigenvalue weighted by molar-refractivity contribution is 0.255. The van der Waals surface area contributed by atoms with Crippen molar-refractivity contribution in [2.75, 3.05) is 12.4 Å². The summed E-state index contributed by atoms with van der Waals surface area (Å²) in [6.07, 6.45) is 1.89. The molecule has 0 aromatic heterocycles. The average molecular weight is 240 g/mol. The van der Waals surface area contributed by atoms with Crippen LogP contribution in [0.25, 0.3) is 0 Å². The number of hydrogen-bond donors (Lipinski definition) is 1. The van der Waals surface area contributed by atoms with Crippen molar-refractivity contribution < 1.29 is 13.5 Å². The molecule has 1 aromatic carbocycles. The smallest absolute Gasteiger partial charge is 0.178 e. The first kappa shape index (κ1) is 11.6. The second kappa shape index (κ2) is 3.86. The summed E-state index contributed by atoms with van der Waals surface area (Å²) in [5.41, 5.74) is 0.781. The van der Waals surface area contributed by atoms with E-state index in [9.17, 15) is 13.5 Å². The lowest BCUT2D eigenvalue weighted by atomic mass is 9.97. The van der Waals surface area contributed by atoms with Gasteiger partial charge in [-0.2, -0.15) is 0 Å². The second-order valence-electron chi connectivity index (χ2n) is 4.37. The molecular weight excluding hydrogens is 224 g/mol. The van der Waals surface area contributed by atoms with Crippen molar-refractivity contribution in [1.82, 2.24) is 0 Å². The Morgan fingerprint density at radius 3 is 2.56 bits per heavy atom. The van der Waals surface area contributed by atoms with Gasteiger partial charge in [0.25, 0.3) is 0 Å². The van der Waals surface area contributed by atoms with Gasteiger partial charge in [0.1, 0.15) is 0 Å². The van der Waals surface area contributed by atoms with Crippen molar-refractivity contribution in [2.45, 2.75) is 30.1 Å². The highest BCUT2D eigenvalue weighted by Gasteiger charge is 2.43. The third-order valence-corrected chi connectivity index (χ3v) is 5.07. The summed E-state index contributed by atoms with van der Waals surface area (Å²) in [4.78, 5) is 0.368. The Labute approximate surface area is 96.0 Å². The minimum absolute atomic E-state index is 0.0998. The quantitative estimate of drug-likeness (QED) is 0.867. The molecule has 0 aliphatic heterocycles. The molecule has 0 atom stereocenters. The number of rotatable bonds is 4. The van der Waals surface area contributed by atoms with Crippen LogP contribution in [0.2, 0.25) is 0 Å². The van der Waals surface area contributed by atoms with Gasteiger partial charge in [-0.05, 0) is 30.5 Å². The second-order valence-corrected chi connectivity index (χ2v) is 6.65. The lowest BCUT2D eigenvalue weighted by Gasteiger charge is -2.13. The van der Waals surface area contributed by atoms with Crippen molar-refractivity contribution in [3.05, 3.63) is 29.8 Å². The molecule has 0 unspecified atom stereocenters. The summed E-state index contributed by atoms with van der Waals surface area (Å²) in [6, 6.07) is 6.99. The molecule has 0 spiro atoms. The van der Waals surface area contributed by atoms with Crippen LogP contribution in [0.1, 0.15) is 25.3 Å². The third-order valence-electron chi connectivity index (χ3n) is 3.34. The van der Waals surface area contributed by atoms with Gasteiger partial charge in [-0.25, -0.2) is 8.42 Å². The van der Waals surface area contributed by atoms with Crippen LogP contribution in [-0.4, -0.2) is 25.9 Å². The van der Waals surface area contributed by atoms with Gasteiger partial charge < -0.3 is 5.11 Å². The number of aliphatic hydroxyl groups excluding tert-OH is 1. The van der Waals surface area contributed by atoms with E-state index >= 15 is 0 Å². The van der Waals surface area contributed by atoms with E-state index in [0.29, 0.717) is 4.90 Å². The summed E-state index contributed by atoms with van der Waals surface area (Å²) in [7, 11) is -3.14. The van der Waals surface area contributed by atoms with Crippen molar-refractivity contribution in [2.24, 2.45) is 0 Å². The molecule has 0 heterocycles. The van der Waals surface area contributed by atoms with E-state index in [2.05, 4.69) is 0 Å². The van der Waals surface area contributed by atoms with E-state index in [1.807, 2.05) is 6.07 Å². The van der Waals surface area contributed by atoms with Crippen LogP contribution < -0.4 is 0 Å². The van der Waals surface area contributed by atoms with Crippen molar-refractivity contribution in [1.29, 1.82) is 0 Å². The van der Waals surface area contributed by atoms with E-state index in [0.717, 1.165) is 18.4 Å². The van der Waals surface area contributed by atoms with Crippen LogP contribution in [0.15, 0.2) is 29.2 Å². The molecule has 88 valence electrons. The molecule has 1 fully saturated rings. The number of aliphatic hydroxyl groups is 1. The van der Waals surface area contributed by atoms with Gasteiger partial charge in [-0.15, -0.1) is 0 Å². The highest BCUT2D eigenvalue weighted by atomic mass is 32.2. The van der Waals surface area contributed by atoms with Gasteiger partial charge in [0, 0.05) is 5.41 Å². The molecule has 1 aromatic rings. The minimum atomic E-state index is -3.14. The van der Waals surface area contributed by atoms with Gasteiger partial charge in [0.05, 0.1) is 17.3 Å². The first-order valence-corrected chi connectivity index (χ1v) is 7.13. The first-order chi connectivity index (χ1) is 7.54. The van der Waals surface area contributed by atoms with Crippen LogP contribution in [0.5, 0.6) is 0 Å². The Balaban J connectivity index is 2.42. The third kappa shape index (κ3) is 1.87. The topological polar surface area (TPSA) is 54.4 Å². The molecule has 2 rings (SSSR count). The number of hydrogen-bond acceptors (Lipinski definition) is 3. The number of sulfone groups is 1. The van der Waals surface area contributed by atoms with E-state index < -0.39 is 9.84 Å². The number of benzene rings is 1. The fraction of sp³-hybridized carbons (Fsp3) is 0.500. The van der Waals surface area contributed by atoms with E-state index in [-0.39, 0.29) is 17.8 Å². The van der Waals surface area contributed by atoms with Crippen LogP contribution in [0, 0.1) is 0 Å². The highest BCUT2D eigenvalue weighted by molar-refractivity contribution is 7.91. The monoisotopic (exact) mass is 240 g/mol. The predicted octanol–water partition coefficient (Wildman–Crippen LogP) is 1.50. The first-order valence-electron chi connectivity index (χ1n) is 5.48. The Kier molecular flexibility index (Phi) is 2.80. The van der Waals surface area contributed by atoms with Crippen LogP contribution in [-0.2, 0) is 15.3 Å². The highest BCUT2D eigenvalue weighted by Crippen LogP contribution is 2.47. The largest absolute Gasteiger partial charge is 0.395 e. The molecule has 1 aliphatic rings. The molecule has 0 amide bonds. The predicted molar refractivity (Wildman–Crippen MR) is 62.2 cm³/mol. The summed E-state index contributed by atoms with van der Waals surface area (Å²) >= 11 is 0. The molecule has 4 heteroatoms. The Morgan fingerprint density at radius 1 is 1.38 bits per heavy atom. The summed E-state index contributed by atoms with van der Waals surface area (Å²) in [5, 5.41) is 9.31. The SMILES string of the molecule is CCS(=O)(=O)c1cccc(C2(CO)CC2)c1. The fourth-order valence-corrected chi connectivity index (χ4v) is 2.80. The average Bonchev–Trinajstić information content (AvgIpc) is 3.10. The van der Waals surface area contributed by atoms with Crippen LogP contribution >= 0.6 is 0 Å². The standard InChI is InChI=1S/C12H16O3S/c1-2-16(14,15)11-5-3-4-10(8-11)12(9-13)6-7-12/h3-5,8,13H,2,6-7,9H2,1H3. The molecule has 1 saturated carbocycles. The Bertz CT molecular complexity index is 487. The van der Waals surface area contributed by atoms with E-state index in [1.54, 1.807) is 25.1 Å². The van der Waals surface area contributed by atoms with Crippen molar-refractivity contribution in [3.8, 4) is 0 Å². The van der Waals surface area contributed by atoms with Crippen LogP contribution in [0.3, 0.4) is 0 Å². The van der Waals surface area contributed by atoms with Gasteiger partial charge >= 0.3 is 0 Å². The van der Waals surface area contributed by atoms with Gasteiger partial charge in [0.15, 0.2) is 9.84 Å². The minimum Gasteiger partial charge on any atom is -0.395 e. The van der Waals surface area contributed by atoms with Gasteiger partial charge in [0.2, 0.25) is 0 Å². The molecule has 1 N–H and O–H groups in total. The molecular formula is C12H16O3S. The molecule has 3 nitrogen and oxygen atoms in total. The summed E-state index contributed by atoms with van der Waals surface area (Å²) < 4.78 is 23.5. The van der Waals surface area contributed by atoms with E-state index in [4.69, 9.17) is 0 Å². The molecule has 16 heavy (non-hydrogen) atoms. The van der Waals surface area contributed by atoms with Gasteiger partial charge in [-0.3, -0.25) is 0 Å². The van der Waals surface area contributed by atoms with Crippen LogP contribution in [0.4, 0.5) is 0 Å². The zero-order valence-electron chi connectivity index (χ0n) is 9.31. The zero-order valence-corrected chi connectivity index (χ0v) is 10.1. The van der Waals surface area contributed by atoms with Crippen molar-refractivity contribution >= 4 is 9.84 Å². The maximum Gasteiger partial charge on any atom is 0.178 e. The normalized spacial score (nSPS) is 18.4. The zero-order chi connectivity index (χ0) is 11.8. The maximum absolute atomic E-state index is 11.7.